The van der Waals surface area contributed by atoms with Crippen LogP contribution in [0.2, 0.25) is 0 Å². The summed E-state index contributed by atoms with van der Waals surface area (Å²) < 4.78 is 11.3. The van der Waals surface area contributed by atoms with Crippen molar-refractivity contribution in [2.75, 3.05) is 0 Å². The van der Waals surface area contributed by atoms with Crippen LogP contribution in [-0.2, 0) is 14.3 Å². The van der Waals surface area contributed by atoms with E-state index in [2.05, 4.69) is 26.5 Å². The van der Waals surface area contributed by atoms with Gasteiger partial charge in [-0.3, -0.25) is 0 Å². The van der Waals surface area contributed by atoms with Gasteiger partial charge in [0.25, 0.3) is 0 Å². The number of rotatable bonds is 0. The molecule has 0 aromatic rings. The van der Waals surface area contributed by atoms with Crippen LogP contribution in [-0.4, -0.2) is 23.8 Å². The molecule has 4 unspecified atom stereocenters. The van der Waals surface area contributed by atoms with E-state index in [0.29, 0.717) is 5.57 Å². The predicted octanol–water partition coefficient (Wildman–Crippen LogP) is 2.76. The van der Waals surface area contributed by atoms with E-state index in [1.807, 2.05) is 0 Å². The molecule has 3 aliphatic rings. The first-order valence-electron chi connectivity index (χ1n) is 6.73. The van der Waals surface area contributed by atoms with Crippen LogP contribution < -0.4 is 0 Å². The lowest BCUT2D eigenvalue weighted by Gasteiger charge is -2.19. The van der Waals surface area contributed by atoms with Crippen molar-refractivity contribution >= 4 is 5.97 Å². The Morgan fingerprint density at radius 2 is 2.28 bits per heavy atom. The van der Waals surface area contributed by atoms with Crippen molar-refractivity contribution in [1.29, 1.82) is 0 Å². The predicted molar refractivity (Wildman–Crippen MR) is 68.0 cm³/mol. The van der Waals surface area contributed by atoms with E-state index in [9.17, 15) is 4.79 Å². The molecular weight excluding hydrogens is 228 g/mol. The fraction of sp³-hybridized carbons (Fsp3) is 0.667. The van der Waals surface area contributed by atoms with Gasteiger partial charge < -0.3 is 9.47 Å². The van der Waals surface area contributed by atoms with Crippen molar-refractivity contribution in [1.82, 2.24) is 0 Å². The van der Waals surface area contributed by atoms with E-state index in [1.165, 1.54) is 5.57 Å². The molecule has 3 rings (SSSR count). The zero-order chi connectivity index (χ0) is 12.9. The molecule has 98 valence electrons. The molecule has 0 radical (unpaired) electrons. The molecule has 2 fully saturated rings. The third-order valence-corrected chi connectivity index (χ3v) is 4.58. The number of epoxide rings is 1. The quantitative estimate of drug-likeness (QED) is 0.286. The molecule has 3 heteroatoms. The average molecular weight is 248 g/mol. The molecule has 0 N–H and O–H groups in total. The summed E-state index contributed by atoms with van der Waals surface area (Å²) in [6, 6.07) is 0. The molecule has 2 saturated heterocycles. The normalized spacial score (nSPS) is 43.7. The molecule has 0 amide bonds. The van der Waals surface area contributed by atoms with Gasteiger partial charge in [0.1, 0.15) is 6.10 Å². The van der Waals surface area contributed by atoms with Gasteiger partial charge in [-0.25, -0.2) is 4.79 Å². The lowest BCUT2D eigenvalue weighted by molar-refractivity contribution is -0.139. The van der Waals surface area contributed by atoms with Gasteiger partial charge in [0.05, 0.1) is 11.7 Å². The molecule has 0 bridgehead atoms. The third kappa shape index (κ3) is 1.91. The molecule has 0 aromatic carbocycles. The molecule has 2 heterocycles. The van der Waals surface area contributed by atoms with Gasteiger partial charge >= 0.3 is 5.97 Å². The summed E-state index contributed by atoms with van der Waals surface area (Å²) in [4.78, 5) is 11.7. The molecule has 0 spiro atoms. The number of ether oxygens (including phenoxy) is 2. The lowest BCUT2D eigenvalue weighted by Crippen LogP contribution is -2.22. The second-order valence-corrected chi connectivity index (χ2v) is 6.02. The Labute approximate surface area is 108 Å². The largest absolute Gasteiger partial charge is 0.458 e. The topological polar surface area (TPSA) is 38.8 Å². The summed E-state index contributed by atoms with van der Waals surface area (Å²) in [6.07, 6.45) is 6.30. The van der Waals surface area contributed by atoms with Crippen molar-refractivity contribution in [2.45, 2.75) is 57.3 Å². The Balaban J connectivity index is 1.86. The third-order valence-electron chi connectivity index (χ3n) is 4.58. The van der Waals surface area contributed by atoms with Gasteiger partial charge in [-0.2, -0.15) is 0 Å². The maximum atomic E-state index is 11.7. The number of allylic oxidation sites excluding steroid dienone is 1. The van der Waals surface area contributed by atoms with E-state index in [1.54, 1.807) is 0 Å². The minimum atomic E-state index is -0.223. The van der Waals surface area contributed by atoms with Crippen LogP contribution in [0.1, 0.15) is 39.5 Å². The number of carbonyl (C=O) groups is 1. The number of fused-ring (bicyclic) bond motifs is 2. The van der Waals surface area contributed by atoms with Crippen LogP contribution in [0, 0.1) is 5.92 Å². The number of esters is 1. The van der Waals surface area contributed by atoms with E-state index in [-0.39, 0.29) is 29.7 Å². The highest BCUT2D eigenvalue weighted by Crippen LogP contribution is 2.48. The van der Waals surface area contributed by atoms with Crippen LogP contribution in [0.5, 0.6) is 0 Å². The SMILES string of the molecule is C=C1C(=O)OC2CC(C)=CCCC3(C)OC3CC12. The Kier molecular flexibility index (Phi) is 2.63. The van der Waals surface area contributed by atoms with Crippen molar-refractivity contribution in [3.63, 3.8) is 0 Å². The van der Waals surface area contributed by atoms with Crippen molar-refractivity contribution in [3.05, 3.63) is 23.8 Å². The van der Waals surface area contributed by atoms with Crippen LogP contribution in [0.4, 0.5) is 0 Å². The maximum absolute atomic E-state index is 11.7. The van der Waals surface area contributed by atoms with E-state index in [0.717, 1.165) is 25.7 Å². The van der Waals surface area contributed by atoms with Crippen molar-refractivity contribution in [3.8, 4) is 0 Å². The van der Waals surface area contributed by atoms with Crippen molar-refractivity contribution in [2.24, 2.45) is 5.92 Å². The van der Waals surface area contributed by atoms with Gasteiger partial charge in [-0.05, 0) is 33.1 Å². The summed E-state index contributed by atoms with van der Waals surface area (Å²) in [6.45, 7) is 8.17. The summed E-state index contributed by atoms with van der Waals surface area (Å²) in [7, 11) is 0. The number of hydrogen-bond acceptors (Lipinski definition) is 3. The van der Waals surface area contributed by atoms with E-state index < -0.39 is 0 Å². The molecule has 2 aliphatic heterocycles. The zero-order valence-corrected chi connectivity index (χ0v) is 11.1. The molecular formula is C15H20O3. The fourth-order valence-electron chi connectivity index (χ4n) is 3.19. The first-order valence-corrected chi connectivity index (χ1v) is 6.73. The number of hydrogen-bond donors (Lipinski definition) is 0. The van der Waals surface area contributed by atoms with E-state index >= 15 is 0 Å². The molecule has 4 atom stereocenters. The lowest BCUT2D eigenvalue weighted by atomic mass is 9.84. The zero-order valence-electron chi connectivity index (χ0n) is 11.1. The van der Waals surface area contributed by atoms with Crippen molar-refractivity contribution < 1.29 is 14.3 Å². The minimum Gasteiger partial charge on any atom is -0.458 e. The smallest absolute Gasteiger partial charge is 0.334 e. The Morgan fingerprint density at radius 3 is 3.06 bits per heavy atom. The van der Waals surface area contributed by atoms with Gasteiger partial charge in [-0.15, -0.1) is 0 Å². The van der Waals surface area contributed by atoms with Crippen LogP contribution in [0.15, 0.2) is 23.8 Å². The first-order chi connectivity index (χ1) is 8.49. The highest BCUT2D eigenvalue weighted by Gasteiger charge is 2.54. The van der Waals surface area contributed by atoms with Gasteiger partial charge in [0.15, 0.2) is 0 Å². The minimum absolute atomic E-state index is 0.00455. The second-order valence-electron chi connectivity index (χ2n) is 6.02. The molecule has 3 nitrogen and oxygen atoms in total. The summed E-state index contributed by atoms with van der Waals surface area (Å²) >= 11 is 0. The summed E-state index contributed by atoms with van der Waals surface area (Å²) in [5, 5.41) is 0. The van der Waals surface area contributed by atoms with Gasteiger partial charge in [-0.1, -0.05) is 18.2 Å². The van der Waals surface area contributed by atoms with Crippen LogP contribution in [0.3, 0.4) is 0 Å². The Bertz CT molecular complexity index is 437. The number of carbonyl (C=O) groups excluding carboxylic acids is 1. The first kappa shape index (κ1) is 12.0. The Hall–Kier alpha value is -1.09. The highest BCUT2D eigenvalue weighted by atomic mass is 16.6. The standard InChI is InChI=1S/C15H20O3/c1-9-5-4-6-15(3)13(18-15)8-11-10(2)14(16)17-12(11)7-9/h5,11-13H,2,4,6-8H2,1,3H3. The average Bonchev–Trinajstić information content (AvgIpc) is 2.86. The van der Waals surface area contributed by atoms with E-state index in [4.69, 9.17) is 9.47 Å². The Morgan fingerprint density at radius 1 is 1.50 bits per heavy atom. The maximum Gasteiger partial charge on any atom is 0.334 e. The summed E-state index contributed by atoms with van der Waals surface area (Å²) in [5.74, 6) is -0.0924. The summed E-state index contributed by atoms with van der Waals surface area (Å²) in [5.41, 5.74) is 1.94. The van der Waals surface area contributed by atoms with Gasteiger partial charge in [0, 0.05) is 17.9 Å². The second kappa shape index (κ2) is 3.95. The molecule has 0 aromatic heterocycles. The van der Waals surface area contributed by atoms with Gasteiger partial charge in [0.2, 0.25) is 0 Å². The van der Waals surface area contributed by atoms with Crippen LogP contribution >= 0.6 is 0 Å². The molecule has 18 heavy (non-hydrogen) atoms. The highest BCUT2D eigenvalue weighted by molar-refractivity contribution is 5.90. The monoisotopic (exact) mass is 248 g/mol. The van der Waals surface area contributed by atoms with Crippen LogP contribution in [0.25, 0.3) is 0 Å². The fourth-order valence-corrected chi connectivity index (χ4v) is 3.19. The molecule has 1 aliphatic carbocycles. The molecule has 0 saturated carbocycles.